The largest absolute Gasteiger partial charge is 0.393 e. The van der Waals surface area contributed by atoms with Crippen molar-refractivity contribution < 1.29 is 9.84 Å². The molecule has 0 amide bonds. The van der Waals surface area contributed by atoms with Crippen LogP contribution in [0.5, 0.6) is 0 Å². The second kappa shape index (κ2) is 4.65. The Morgan fingerprint density at radius 2 is 2.61 bits per heavy atom. The molecular formula is C9H12N6O3. The molecule has 9 nitrogen and oxygen atoms in total. The Bertz CT molecular complexity index is 551. The number of aliphatic hydroxyl groups excluding tert-OH is 1. The zero-order valence-corrected chi connectivity index (χ0v) is 9.43. The number of aliphatic hydroxyl groups is 1. The van der Waals surface area contributed by atoms with Crippen LogP contribution in [0.2, 0.25) is 0 Å². The van der Waals surface area contributed by atoms with Crippen LogP contribution in [-0.2, 0) is 4.74 Å². The predicted molar refractivity (Wildman–Crippen MR) is 61.2 cm³/mol. The SMILES string of the molecule is [N-]=[N+]=N[C@@]1(CO)CC[C@H](n2ccc(N)nc2=O)O1. The van der Waals surface area contributed by atoms with E-state index in [2.05, 4.69) is 15.0 Å². The smallest absolute Gasteiger partial charge is 0.351 e. The Labute approximate surface area is 101 Å². The van der Waals surface area contributed by atoms with Gasteiger partial charge in [-0.3, -0.25) is 4.57 Å². The third kappa shape index (κ3) is 2.14. The first kappa shape index (κ1) is 12.4. The van der Waals surface area contributed by atoms with E-state index in [4.69, 9.17) is 16.0 Å². The zero-order valence-electron chi connectivity index (χ0n) is 9.43. The van der Waals surface area contributed by atoms with Crippen LogP contribution in [0.4, 0.5) is 5.82 Å². The van der Waals surface area contributed by atoms with Gasteiger partial charge in [0.15, 0.2) is 5.72 Å². The number of nitrogens with zero attached hydrogens (tertiary/aromatic N) is 5. The average Bonchev–Trinajstić information content (AvgIpc) is 2.74. The van der Waals surface area contributed by atoms with Crippen molar-refractivity contribution in [2.24, 2.45) is 5.11 Å². The van der Waals surface area contributed by atoms with Gasteiger partial charge in [-0.25, -0.2) is 4.79 Å². The van der Waals surface area contributed by atoms with E-state index in [9.17, 15) is 9.90 Å². The minimum Gasteiger partial charge on any atom is -0.393 e. The lowest BCUT2D eigenvalue weighted by Crippen LogP contribution is -2.32. The third-order valence-electron chi connectivity index (χ3n) is 2.77. The second-order valence-corrected chi connectivity index (χ2v) is 3.95. The van der Waals surface area contributed by atoms with Crippen LogP contribution < -0.4 is 11.4 Å². The summed E-state index contributed by atoms with van der Waals surface area (Å²) in [4.78, 5) is 17.8. The van der Waals surface area contributed by atoms with E-state index in [0.717, 1.165) is 0 Å². The van der Waals surface area contributed by atoms with Crippen LogP contribution >= 0.6 is 0 Å². The molecule has 1 saturated heterocycles. The minimum atomic E-state index is -1.31. The maximum absolute atomic E-state index is 11.6. The summed E-state index contributed by atoms with van der Waals surface area (Å²) in [7, 11) is 0. The molecule has 96 valence electrons. The molecule has 0 aromatic carbocycles. The zero-order chi connectivity index (χ0) is 13.2. The standard InChI is InChI=1S/C9H12N6O3/c10-6-2-4-15(8(17)12-6)7-1-3-9(5-16,18-7)13-14-11/h2,4,7,16H,1,3,5H2,(H2,10,12,17)/t7-,9+/m1/s1. The quantitative estimate of drug-likeness (QED) is 0.447. The van der Waals surface area contributed by atoms with Gasteiger partial charge in [0.25, 0.3) is 0 Å². The molecule has 1 aromatic rings. The second-order valence-electron chi connectivity index (χ2n) is 3.95. The summed E-state index contributed by atoms with van der Waals surface area (Å²) in [5.74, 6) is 0.123. The summed E-state index contributed by atoms with van der Waals surface area (Å²) in [5.41, 5.74) is 12.0. The topological polar surface area (TPSA) is 139 Å². The number of nitrogen functional groups attached to an aromatic ring is 1. The highest BCUT2D eigenvalue weighted by atomic mass is 16.6. The van der Waals surface area contributed by atoms with E-state index in [1.54, 1.807) is 0 Å². The molecule has 0 radical (unpaired) electrons. The molecule has 18 heavy (non-hydrogen) atoms. The Morgan fingerprint density at radius 1 is 1.83 bits per heavy atom. The molecule has 0 aliphatic carbocycles. The van der Waals surface area contributed by atoms with Crippen LogP contribution in [0.1, 0.15) is 19.1 Å². The van der Waals surface area contributed by atoms with E-state index >= 15 is 0 Å². The van der Waals surface area contributed by atoms with Crippen molar-refractivity contribution in [1.29, 1.82) is 0 Å². The summed E-state index contributed by atoms with van der Waals surface area (Å²) in [6.07, 6.45) is 1.60. The van der Waals surface area contributed by atoms with Gasteiger partial charge in [0.1, 0.15) is 12.0 Å². The monoisotopic (exact) mass is 252 g/mol. The van der Waals surface area contributed by atoms with Gasteiger partial charge >= 0.3 is 5.69 Å². The van der Waals surface area contributed by atoms with Crippen molar-refractivity contribution in [3.8, 4) is 0 Å². The fourth-order valence-corrected chi connectivity index (χ4v) is 1.86. The van der Waals surface area contributed by atoms with Crippen molar-refractivity contribution >= 4 is 5.82 Å². The van der Waals surface area contributed by atoms with Gasteiger partial charge in [0, 0.05) is 11.1 Å². The van der Waals surface area contributed by atoms with Crippen LogP contribution in [0, 0.1) is 0 Å². The summed E-state index contributed by atoms with van der Waals surface area (Å²) < 4.78 is 6.71. The first-order chi connectivity index (χ1) is 8.60. The van der Waals surface area contributed by atoms with Crippen LogP contribution in [0.15, 0.2) is 22.2 Å². The maximum Gasteiger partial charge on any atom is 0.351 e. The summed E-state index contributed by atoms with van der Waals surface area (Å²) in [5, 5.41) is 12.7. The first-order valence-electron chi connectivity index (χ1n) is 5.30. The molecular weight excluding hydrogens is 240 g/mol. The highest BCUT2D eigenvalue weighted by Gasteiger charge is 2.40. The van der Waals surface area contributed by atoms with Crippen molar-refractivity contribution in [2.75, 3.05) is 12.3 Å². The van der Waals surface area contributed by atoms with Gasteiger partial charge in [0.05, 0.1) is 6.61 Å². The number of rotatable bonds is 3. The number of ether oxygens (including phenoxy) is 1. The van der Waals surface area contributed by atoms with Gasteiger partial charge < -0.3 is 15.6 Å². The molecule has 1 aromatic heterocycles. The molecule has 2 rings (SSSR count). The predicted octanol–water partition coefficient (Wildman–Crippen LogP) is 0.133. The molecule has 3 N–H and O–H groups in total. The lowest BCUT2D eigenvalue weighted by atomic mass is 10.1. The Kier molecular flexibility index (Phi) is 3.19. The maximum atomic E-state index is 11.6. The van der Waals surface area contributed by atoms with E-state index < -0.39 is 24.2 Å². The minimum absolute atomic E-state index is 0.123. The van der Waals surface area contributed by atoms with Crippen molar-refractivity contribution in [3.63, 3.8) is 0 Å². The third-order valence-corrected chi connectivity index (χ3v) is 2.77. The summed E-state index contributed by atoms with van der Waals surface area (Å²) in [6, 6.07) is 1.47. The van der Waals surface area contributed by atoms with Crippen molar-refractivity contribution in [3.05, 3.63) is 33.2 Å². The van der Waals surface area contributed by atoms with Gasteiger partial charge in [-0.15, -0.1) is 0 Å². The summed E-state index contributed by atoms with van der Waals surface area (Å²) >= 11 is 0. The number of aromatic nitrogens is 2. The van der Waals surface area contributed by atoms with Gasteiger partial charge in [-0.2, -0.15) is 4.98 Å². The molecule has 1 aliphatic heterocycles. The molecule has 0 bridgehead atoms. The van der Waals surface area contributed by atoms with Crippen molar-refractivity contribution in [1.82, 2.24) is 9.55 Å². The first-order valence-corrected chi connectivity index (χ1v) is 5.30. The highest BCUT2D eigenvalue weighted by molar-refractivity contribution is 5.23. The normalized spacial score (nSPS) is 26.8. The number of hydrogen-bond donors (Lipinski definition) is 2. The number of hydrogen-bond acceptors (Lipinski definition) is 6. The van der Waals surface area contributed by atoms with Gasteiger partial charge in [-0.05, 0) is 24.4 Å². The Morgan fingerprint density at radius 3 is 3.22 bits per heavy atom. The molecule has 0 unspecified atom stereocenters. The summed E-state index contributed by atoms with van der Waals surface area (Å²) in [6.45, 7) is -0.440. The van der Waals surface area contributed by atoms with Crippen molar-refractivity contribution in [2.45, 2.75) is 24.8 Å². The van der Waals surface area contributed by atoms with E-state index in [1.807, 2.05) is 0 Å². The van der Waals surface area contributed by atoms with Gasteiger partial charge in [0.2, 0.25) is 0 Å². The average molecular weight is 252 g/mol. The lowest BCUT2D eigenvalue weighted by Gasteiger charge is -2.21. The van der Waals surface area contributed by atoms with Crippen LogP contribution in [0.25, 0.3) is 10.4 Å². The fraction of sp³-hybridized carbons (Fsp3) is 0.556. The van der Waals surface area contributed by atoms with E-state index in [0.29, 0.717) is 12.8 Å². The Balaban J connectivity index is 2.28. The molecule has 1 aliphatic rings. The van der Waals surface area contributed by atoms with E-state index in [1.165, 1.54) is 16.8 Å². The molecule has 2 atom stereocenters. The van der Waals surface area contributed by atoms with Gasteiger partial charge in [-0.1, -0.05) is 5.11 Å². The molecule has 0 spiro atoms. The Hall–Kier alpha value is -2.09. The molecule has 1 fully saturated rings. The molecule has 0 saturated carbocycles. The molecule has 2 heterocycles. The molecule has 9 heteroatoms. The number of anilines is 1. The number of azide groups is 1. The van der Waals surface area contributed by atoms with Crippen LogP contribution in [0.3, 0.4) is 0 Å². The number of nitrogens with two attached hydrogens (primary N) is 1. The van der Waals surface area contributed by atoms with Crippen LogP contribution in [-0.4, -0.2) is 27.0 Å². The fourth-order valence-electron chi connectivity index (χ4n) is 1.86. The van der Waals surface area contributed by atoms with E-state index in [-0.39, 0.29) is 5.82 Å². The lowest BCUT2D eigenvalue weighted by molar-refractivity contribution is -0.0950. The highest BCUT2D eigenvalue weighted by Crippen LogP contribution is 2.36.